The first kappa shape index (κ1) is 20.4. The fourth-order valence-corrected chi connectivity index (χ4v) is 3.87. The van der Waals surface area contributed by atoms with Gasteiger partial charge in [0.1, 0.15) is 5.82 Å². The van der Waals surface area contributed by atoms with Gasteiger partial charge in [-0.05, 0) is 50.3 Å². The van der Waals surface area contributed by atoms with E-state index in [4.69, 9.17) is 4.99 Å². The third-order valence-electron chi connectivity index (χ3n) is 5.44. The molecule has 28 heavy (non-hydrogen) atoms. The van der Waals surface area contributed by atoms with Crippen LogP contribution in [0.4, 0.5) is 5.82 Å². The Kier molecular flexibility index (Phi) is 7.51. The number of anilines is 1. The smallest absolute Gasteiger partial charge is 0.222 e. The van der Waals surface area contributed by atoms with E-state index < -0.39 is 0 Å². The van der Waals surface area contributed by atoms with Crippen molar-refractivity contribution >= 4 is 17.7 Å². The number of nitrogens with one attached hydrogen (secondary N) is 2. The number of hydrogen-bond acceptors (Lipinski definition) is 4. The molecule has 2 fully saturated rings. The molecule has 1 atom stereocenters. The summed E-state index contributed by atoms with van der Waals surface area (Å²) in [4.78, 5) is 25.5. The maximum atomic E-state index is 11.9. The number of rotatable bonds is 6. The highest BCUT2D eigenvalue weighted by Crippen LogP contribution is 2.18. The SMILES string of the molecule is CCNC(=NCc1ccnc(N2CCCCC2)c1)NC1CCN(C(=O)CC)C1. The normalized spacial score (nSPS) is 20.4. The maximum Gasteiger partial charge on any atom is 0.222 e. The lowest BCUT2D eigenvalue weighted by atomic mass is 10.1. The number of pyridine rings is 1. The average molecular weight is 387 g/mol. The van der Waals surface area contributed by atoms with Crippen LogP contribution in [-0.4, -0.2) is 60.5 Å². The van der Waals surface area contributed by atoms with Gasteiger partial charge in [-0.15, -0.1) is 0 Å². The van der Waals surface area contributed by atoms with Gasteiger partial charge in [0, 0.05) is 51.4 Å². The Bertz CT molecular complexity index is 671. The minimum absolute atomic E-state index is 0.230. The number of hydrogen-bond donors (Lipinski definition) is 2. The number of nitrogens with zero attached hydrogens (tertiary/aromatic N) is 4. The van der Waals surface area contributed by atoms with Gasteiger partial charge in [0.15, 0.2) is 5.96 Å². The molecule has 2 saturated heterocycles. The molecule has 1 amide bonds. The summed E-state index contributed by atoms with van der Waals surface area (Å²) in [6.07, 6.45) is 7.24. The Hall–Kier alpha value is -2.31. The molecule has 2 aliphatic rings. The van der Waals surface area contributed by atoms with Crippen LogP contribution in [0.15, 0.2) is 23.3 Å². The van der Waals surface area contributed by atoms with Gasteiger partial charge < -0.3 is 20.4 Å². The number of amides is 1. The van der Waals surface area contributed by atoms with Crippen LogP contribution in [0.3, 0.4) is 0 Å². The van der Waals surface area contributed by atoms with E-state index in [2.05, 4.69) is 33.5 Å². The van der Waals surface area contributed by atoms with Crippen LogP contribution in [0.25, 0.3) is 0 Å². The Labute approximate surface area is 168 Å². The third-order valence-corrected chi connectivity index (χ3v) is 5.44. The number of piperidine rings is 1. The Morgan fingerprint density at radius 1 is 1.25 bits per heavy atom. The summed E-state index contributed by atoms with van der Waals surface area (Å²) >= 11 is 0. The van der Waals surface area contributed by atoms with Crippen molar-refractivity contribution in [3.05, 3.63) is 23.9 Å². The van der Waals surface area contributed by atoms with E-state index in [0.717, 1.165) is 50.9 Å². The van der Waals surface area contributed by atoms with Gasteiger partial charge >= 0.3 is 0 Å². The maximum absolute atomic E-state index is 11.9. The molecule has 0 radical (unpaired) electrons. The summed E-state index contributed by atoms with van der Waals surface area (Å²) in [5.74, 6) is 2.11. The average Bonchev–Trinajstić information content (AvgIpc) is 3.21. The summed E-state index contributed by atoms with van der Waals surface area (Å²) in [6, 6.07) is 4.46. The van der Waals surface area contributed by atoms with Crippen LogP contribution >= 0.6 is 0 Å². The molecule has 1 aromatic rings. The van der Waals surface area contributed by atoms with Crippen molar-refractivity contribution in [2.45, 2.75) is 58.5 Å². The molecule has 1 aromatic heterocycles. The van der Waals surface area contributed by atoms with Crippen molar-refractivity contribution in [3.8, 4) is 0 Å². The Morgan fingerprint density at radius 2 is 2.07 bits per heavy atom. The van der Waals surface area contributed by atoms with Crippen molar-refractivity contribution in [1.29, 1.82) is 0 Å². The summed E-state index contributed by atoms with van der Waals surface area (Å²) < 4.78 is 0. The fraction of sp³-hybridized carbons (Fsp3) is 0.667. The van der Waals surface area contributed by atoms with Crippen LogP contribution in [0.5, 0.6) is 0 Å². The van der Waals surface area contributed by atoms with Crippen LogP contribution < -0.4 is 15.5 Å². The molecule has 3 heterocycles. The van der Waals surface area contributed by atoms with E-state index in [-0.39, 0.29) is 11.9 Å². The van der Waals surface area contributed by atoms with Gasteiger partial charge in [0.2, 0.25) is 5.91 Å². The van der Waals surface area contributed by atoms with Crippen molar-refractivity contribution in [3.63, 3.8) is 0 Å². The minimum Gasteiger partial charge on any atom is -0.357 e. The topological polar surface area (TPSA) is 72.9 Å². The zero-order chi connectivity index (χ0) is 19.8. The predicted molar refractivity (Wildman–Crippen MR) is 114 cm³/mol. The van der Waals surface area contributed by atoms with Gasteiger partial charge in [0.05, 0.1) is 6.54 Å². The lowest BCUT2D eigenvalue weighted by Crippen LogP contribution is -2.45. The molecule has 2 aliphatic heterocycles. The molecule has 7 nitrogen and oxygen atoms in total. The van der Waals surface area contributed by atoms with Gasteiger partial charge in [-0.25, -0.2) is 9.98 Å². The fourth-order valence-electron chi connectivity index (χ4n) is 3.87. The van der Waals surface area contributed by atoms with Gasteiger partial charge in [0.25, 0.3) is 0 Å². The second-order valence-electron chi connectivity index (χ2n) is 7.59. The number of likely N-dealkylation sites (tertiary alicyclic amines) is 1. The lowest BCUT2D eigenvalue weighted by molar-refractivity contribution is -0.129. The Balaban J connectivity index is 1.59. The molecule has 3 rings (SSSR count). The van der Waals surface area contributed by atoms with E-state index in [9.17, 15) is 4.79 Å². The number of carbonyl (C=O) groups is 1. The quantitative estimate of drug-likeness (QED) is 0.579. The van der Waals surface area contributed by atoms with E-state index in [0.29, 0.717) is 13.0 Å². The van der Waals surface area contributed by atoms with Crippen molar-refractivity contribution in [2.75, 3.05) is 37.6 Å². The monoisotopic (exact) mass is 386 g/mol. The van der Waals surface area contributed by atoms with Gasteiger partial charge in [-0.1, -0.05) is 6.92 Å². The van der Waals surface area contributed by atoms with Crippen LogP contribution in [-0.2, 0) is 11.3 Å². The highest BCUT2D eigenvalue weighted by molar-refractivity contribution is 5.80. The highest BCUT2D eigenvalue weighted by Gasteiger charge is 2.25. The lowest BCUT2D eigenvalue weighted by Gasteiger charge is -2.27. The van der Waals surface area contributed by atoms with Crippen molar-refractivity contribution < 1.29 is 4.79 Å². The third kappa shape index (κ3) is 5.59. The van der Waals surface area contributed by atoms with Crippen molar-refractivity contribution in [2.24, 2.45) is 4.99 Å². The summed E-state index contributed by atoms with van der Waals surface area (Å²) in [5, 5.41) is 6.82. The number of carbonyl (C=O) groups excluding carboxylic acids is 1. The Morgan fingerprint density at radius 3 is 2.82 bits per heavy atom. The van der Waals surface area contributed by atoms with Gasteiger partial charge in [-0.3, -0.25) is 4.79 Å². The number of aromatic nitrogens is 1. The second-order valence-corrected chi connectivity index (χ2v) is 7.59. The predicted octanol–water partition coefficient (Wildman–Crippen LogP) is 2.14. The molecular formula is C21H34N6O. The standard InChI is InChI=1S/C21H34N6O/c1-3-20(28)27-13-9-18(16-27)25-21(22-4-2)24-15-17-8-10-23-19(14-17)26-11-6-5-7-12-26/h8,10,14,18H,3-7,9,11-13,15-16H2,1-2H3,(H2,22,24,25). The van der Waals surface area contributed by atoms with Crippen LogP contribution in [0.2, 0.25) is 0 Å². The van der Waals surface area contributed by atoms with Crippen LogP contribution in [0, 0.1) is 0 Å². The molecule has 7 heteroatoms. The number of guanidine groups is 1. The van der Waals surface area contributed by atoms with E-state index in [1.54, 1.807) is 0 Å². The first-order valence-electron chi connectivity index (χ1n) is 10.7. The molecular weight excluding hydrogens is 352 g/mol. The van der Waals surface area contributed by atoms with Gasteiger partial charge in [-0.2, -0.15) is 0 Å². The summed E-state index contributed by atoms with van der Waals surface area (Å²) in [6.45, 7) is 9.19. The zero-order valence-corrected chi connectivity index (χ0v) is 17.3. The zero-order valence-electron chi connectivity index (χ0n) is 17.3. The summed E-state index contributed by atoms with van der Waals surface area (Å²) in [7, 11) is 0. The van der Waals surface area contributed by atoms with Crippen LogP contribution in [0.1, 0.15) is 51.5 Å². The first-order chi connectivity index (χ1) is 13.7. The summed E-state index contributed by atoms with van der Waals surface area (Å²) in [5.41, 5.74) is 1.17. The molecule has 154 valence electrons. The van der Waals surface area contributed by atoms with E-state index in [1.165, 1.54) is 24.8 Å². The highest BCUT2D eigenvalue weighted by atomic mass is 16.2. The molecule has 0 aliphatic carbocycles. The van der Waals surface area contributed by atoms with E-state index in [1.807, 2.05) is 24.1 Å². The first-order valence-corrected chi connectivity index (χ1v) is 10.7. The number of aliphatic imine (C=N–C) groups is 1. The molecule has 1 unspecified atom stereocenters. The van der Waals surface area contributed by atoms with E-state index >= 15 is 0 Å². The second kappa shape index (κ2) is 10.3. The molecule has 0 spiro atoms. The largest absolute Gasteiger partial charge is 0.357 e. The molecule has 2 N–H and O–H groups in total. The van der Waals surface area contributed by atoms with Crippen molar-refractivity contribution in [1.82, 2.24) is 20.5 Å². The minimum atomic E-state index is 0.230. The molecule has 0 saturated carbocycles. The molecule has 0 aromatic carbocycles. The molecule has 0 bridgehead atoms.